The van der Waals surface area contributed by atoms with E-state index in [0.717, 1.165) is 5.69 Å². The molecule has 1 rings (SSSR count). The van der Waals surface area contributed by atoms with Gasteiger partial charge in [0.15, 0.2) is 5.76 Å². The first-order valence-electron chi connectivity index (χ1n) is 3.82. The Balaban J connectivity index is 2.85. The Kier molecular flexibility index (Phi) is 2.21. The lowest BCUT2D eigenvalue weighted by molar-refractivity contribution is 0.0421. The number of nitrogens with zero attached hydrogens (tertiary/aromatic N) is 1. The lowest BCUT2D eigenvalue weighted by Crippen LogP contribution is -2.34. The number of nitrogens with two attached hydrogens (primary N) is 1. The molecule has 1 aromatic heterocycles. The van der Waals surface area contributed by atoms with Crippen molar-refractivity contribution in [3.63, 3.8) is 0 Å². The van der Waals surface area contributed by atoms with Crippen molar-refractivity contribution in [3.05, 3.63) is 17.5 Å². The molecule has 0 bridgehead atoms. The molecule has 0 aromatic carbocycles. The number of hydrogen-bond donors (Lipinski definition) is 2. The van der Waals surface area contributed by atoms with Crippen LogP contribution in [0.4, 0.5) is 0 Å². The third kappa shape index (κ3) is 1.84. The molecular formula is C8H14N2O2. The van der Waals surface area contributed by atoms with Crippen molar-refractivity contribution in [2.45, 2.75) is 32.4 Å². The quantitative estimate of drug-likeness (QED) is 0.687. The van der Waals surface area contributed by atoms with Crippen molar-refractivity contribution in [2.24, 2.45) is 5.73 Å². The van der Waals surface area contributed by atoms with Gasteiger partial charge in [0.25, 0.3) is 0 Å². The van der Waals surface area contributed by atoms with E-state index in [0.29, 0.717) is 5.76 Å². The van der Waals surface area contributed by atoms with Gasteiger partial charge >= 0.3 is 0 Å². The third-order valence-electron chi connectivity index (χ3n) is 1.71. The summed E-state index contributed by atoms with van der Waals surface area (Å²) in [6.45, 7) is 5.08. The first-order chi connectivity index (χ1) is 5.41. The smallest absolute Gasteiger partial charge is 0.156 e. The van der Waals surface area contributed by atoms with Gasteiger partial charge in [0.05, 0.1) is 17.3 Å². The highest BCUT2D eigenvalue weighted by atomic mass is 16.5. The maximum absolute atomic E-state index is 9.54. The summed E-state index contributed by atoms with van der Waals surface area (Å²) in [7, 11) is 0. The van der Waals surface area contributed by atoms with Crippen LogP contribution in [0.25, 0.3) is 0 Å². The van der Waals surface area contributed by atoms with E-state index in [4.69, 9.17) is 10.3 Å². The number of rotatable bonds is 2. The second-order valence-corrected chi connectivity index (χ2v) is 3.50. The van der Waals surface area contributed by atoms with Crippen LogP contribution in [0.3, 0.4) is 0 Å². The lowest BCUT2D eigenvalue weighted by Gasteiger charge is -2.22. The molecule has 0 saturated heterocycles. The van der Waals surface area contributed by atoms with Crippen LogP contribution in [-0.2, 0) is 0 Å². The van der Waals surface area contributed by atoms with E-state index in [2.05, 4.69) is 5.16 Å². The van der Waals surface area contributed by atoms with Crippen molar-refractivity contribution in [1.82, 2.24) is 5.16 Å². The Morgan fingerprint density at radius 2 is 2.25 bits per heavy atom. The van der Waals surface area contributed by atoms with E-state index in [1.54, 1.807) is 19.9 Å². The van der Waals surface area contributed by atoms with E-state index >= 15 is 0 Å². The van der Waals surface area contributed by atoms with E-state index in [-0.39, 0.29) is 0 Å². The average Bonchev–Trinajstić information content (AvgIpc) is 2.32. The molecule has 4 nitrogen and oxygen atoms in total. The molecule has 0 aliphatic carbocycles. The number of hydrogen-bond acceptors (Lipinski definition) is 4. The maximum Gasteiger partial charge on any atom is 0.156 e. The fraction of sp³-hybridized carbons (Fsp3) is 0.625. The van der Waals surface area contributed by atoms with Crippen molar-refractivity contribution >= 4 is 0 Å². The Morgan fingerprint density at radius 3 is 2.58 bits per heavy atom. The zero-order valence-corrected chi connectivity index (χ0v) is 7.53. The standard InChI is InChI=1S/C8H14N2O2/c1-5-4-6(12-10-5)7(9)8(2,3)11/h4,7,11H,9H2,1-3H3. The third-order valence-corrected chi connectivity index (χ3v) is 1.71. The molecule has 1 aromatic rings. The molecule has 4 heteroatoms. The van der Waals surface area contributed by atoms with Gasteiger partial charge in [-0.15, -0.1) is 0 Å². The van der Waals surface area contributed by atoms with Gasteiger partial charge in [-0.3, -0.25) is 0 Å². The minimum Gasteiger partial charge on any atom is -0.388 e. The summed E-state index contributed by atoms with van der Waals surface area (Å²) in [6.07, 6.45) is 0. The average molecular weight is 170 g/mol. The topological polar surface area (TPSA) is 72.3 Å². The molecule has 1 unspecified atom stereocenters. The van der Waals surface area contributed by atoms with Gasteiger partial charge in [-0.2, -0.15) is 0 Å². The van der Waals surface area contributed by atoms with Gasteiger partial charge in [0, 0.05) is 6.07 Å². The van der Waals surface area contributed by atoms with Gasteiger partial charge in [-0.1, -0.05) is 5.16 Å². The molecular weight excluding hydrogens is 156 g/mol. The summed E-state index contributed by atoms with van der Waals surface area (Å²) in [5.74, 6) is 0.514. The molecule has 12 heavy (non-hydrogen) atoms. The van der Waals surface area contributed by atoms with Gasteiger partial charge in [0.1, 0.15) is 0 Å². The minimum absolute atomic E-state index is 0.514. The lowest BCUT2D eigenvalue weighted by atomic mass is 9.98. The Bertz CT molecular complexity index is 262. The highest BCUT2D eigenvalue weighted by molar-refractivity contribution is 5.10. The fourth-order valence-electron chi connectivity index (χ4n) is 0.878. The molecule has 1 heterocycles. The number of aryl methyl sites for hydroxylation is 1. The normalized spacial score (nSPS) is 14.8. The van der Waals surface area contributed by atoms with Crippen LogP contribution >= 0.6 is 0 Å². The summed E-state index contributed by atoms with van der Waals surface area (Å²) < 4.78 is 4.92. The predicted octanol–water partition coefficient (Wildman–Crippen LogP) is 0.754. The highest BCUT2D eigenvalue weighted by Gasteiger charge is 2.27. The Morgan fingerprint density at radius 1 is 1.67 bits per heavy atom. The minimum atomic E-state index is -0.980. The van der Waals surface area contributed by atoms with Crippen LogP contribution in [0.1, 0.15) is 31.3 Å². The largest absolute Gasteiger partial charge is 0.388 e. The maximum atomic E-state index is 9.54. The van der Waals surface area contributed by atoms with Crippen LogP contribution in [0, 0.1) is 6.92 Å². The van der Waals surface area contributed by atoms with E-state index < -0.39 is 11.6 Å². The SMILES string of the molecule is Cc1cc(C(N)C(C)(C)O)on1. The predicted molar refractivity (Wildman–Crippen MR) is 44.5 cm³/mol. The zero-order chi connectivity index (χ0) is 9.35. The molecule has 3 N–H and O–H groups in total. The van der Waals surface area contributed by atoms with Crippen LogP contribution in [0.2, 0.25) is 0 Å². The van der Waals surface area contributed by atoms with Gasteiger partial charge in [-0.25, -0.2) is 0 Å². The second-order valence-electron chi connectivity index (χ2n) is 3.50. The first kappa shape index (κ1) is 9.22. The molecule has 0 spiro atoms. The highest BCUT2D eigenvalue weighted by Crippen LogP contribution is 2.22. The van der Waals surface area contributed by atoms with Crippen molar-refractivity contribution in [3.8, 4) is 0 Å². The molecule has 0 amide bonds. The summed E-state index contributed by atoms with van der Waals surface area (Å²) in [5.41, 5.74) is 5.49. The number of aliphatic hydroxyl groups is 1. The van der Waals surface area contributed by atoms with Gasteiger partial charge < -0.3 is 15.4 Å². The van der Waals surface area contributed by atoms with Crippen LogP contribution in [0.15, 0.2) is 10.6 Å². The molecule has 0 aliphatic rings. The summed E-state index contributed by atoms with van der Waals surface area (Å²) >= 11 is 0. The molecule has 0 saturated carbocycles. The van der Waals surface area contributed by atoms with E-state index in [9.17, 15) is 5.11 Å². The van der Waals surface area contributed by atoms with Crippen LogP contribution < -0.4 is 5.73 Å². The van der Waals surface area contributed by atoms with Gasteiger partial charge in [0.2, 0.25) is 0 Å². The van der Waals surface area contributed by atoms with E-state index in [1.165, 1.54) is 0 Å². The van der Waals surface area contributed by atoms with Crippen molar-refractivity contribution in [2.75, 3.05) is 0 Å². The Labute approximate surface area is 71.4 Å². The molecule has 0 aliphatic heterocycles. The van der Waals surface area contributed by atoms with Crippen LogP contribution in [-0.4, -0.2) is 15.9 Å². The Hall–Kier alpha value is -0.870. The zero-order valence-electron chi connectivity index (χ0n) is 7.53. The fourth-order valence-corrected chi connectivity index (χ4v) is 0.878. The van der Waals surface area contributed by atoms with Crippen LogP contribution in [0.5, 0.6) is 0 Å². The van der Waals surface area contributed by atoms with E-state index in [1.807, 2.05) is 6.92 Å². The number of aromatic nitrogens is 1. The molecule has 0 fully saturated rings. The first-order valence-corrected chi connectivity index (χ1v) is 3.82. The van der Waals surface area contributed by atoms with Crippen molar-refractivity contribution < 1.29 is 9.63 Å². The second kappa shape index (κ2) is 2.88. The summed E-state index contributed by atoms with van der Waals surface area (Å²) in [6, 6.07) is 1.20. The monoisotopic (exact) mass is 170 g/mol. The molecule has 1 atom stereocenters. The summed E-state index contributed by atoms with van der Waals surface area (Å²) in [4.78, 5) is 0. The molecule has 68 valence electrons. The summed E-state index contributed by atoms with van der Waals surface area (Å²) in [5, 5.41) is 13.2. The molecule has 0 radical (unpaired) electrons. The van der Waals surface area contributed by atoms with Gasteiger partial charge in [-0.05, 0) is 20.8 Å². The van der Waals surface area contributed by atoms with Crippen molar-refractivity contribution in [1.29, 1.82) is 0 Å².